The SMILES string of the molecule is Cc1cccc(C)c1NC(=O)COC(=O)c1c2c(nc3ccccc13)CCN(C(C)C)C2. The average molecular weight is 432 g/mol. The lowest BCUT2D eigenvalue weighted by Crippen LogP contribution is -2.37. The monoisotopic (exact) mass is 431 g/mol. The van der Waals surface area contributed by atoms with E-state index in [4.69, 9.17) is 9.72 Å². The number of esters is 1. The predicted molar refractivity (Wildman–Crippen MR) is 126 cm³/mol. The highest BCUT2D eigenvalue weighted by molar-refractivity contribution is 6.06. The molecule has 1 aliphatic heterocycles. The Hall–Kier alpha value is -3.25. The molecule has 0 spiro atoms. The summed E-state index contributed by atoms with van der Waals surface area (Å²) >= 11 is 0. The lowest BCUT2D eigenvalue weighted by molar-refractivity contribution is -0.119. The molecular formula is C26H29N3O3. The summed E-state index contributed by atoms with van der Waals surface area (Å²) in [5.74, 6) is -0.839. The van der Waals surface area contributed by atoms with Crippen LogP contribution in [0.15, 0.2) is 42.5 Å². The highest BCUT2D eigenvalue weighted by Gasteiger charge is 2.28. The second kappa shape index (κ2) is 9.09. The Morgan fingerprint density at radius 1 is 1.09 bits per heavy atom. The van der Waals surface area contributed by atoms with Crippen molar-refractivity contribution in [1.82, 2.24) is 9.88 Å². The van der Waals surface area contributed by atoms with Gasteiger partial charge in [-0.3, -0.25) is 14.7 Å². The van der Waals surface area contributed by atoms with Gasteiger partial charge in [0.2, 0.25) is 0 Å². The van der Waals surface area contributed by atoms with Gasteiger partial charge in [0.25, 0.3) is 5.91 Å². The summed E-state index contributed by atoms with van der Waals surface area (Å²) < 4.78 is 5.51. The zero-order valence-electron chi connectivity index (χ0n) is 19.1. The largest absolute Gasteiger partial charge is 0.452 e. The van der Waals surface area contributed by atoms with Crippen LogP contribution < -0.4 is 5.32 Å². The maximum Gasteiger partial charge on any atom is 0.339 e. The van der Waals surface area contributed by atoms with Gasteiger partial charge in [-0.15, -0.1) is 0 Å². The molecule has 6 nitrogen and oxygen atoms in total. The van der Waals surface area contributed by atoms with Crippen LogP contribution in [0, 0.1) is 13.8 Å². The molecule has 2 aromatic carbocycles. The standard InChI is InChI=1S/C26H29N3O3/c1-16(2)29-13-12-22-20(14-29)24(19-10-5-6-11-21(19)27-22)26(31)32-15-23(30)28-25-17(3)8-7-9-18(25)4/h5-11,16H,12-15H2,1-4H3,(H,28,30). The third kappa shape index (κ3) is 4.36. The first-order valence-electron chi connectivity index (χ1n) is 11.0. The van der Waals surface area contributed by atoms with Crippen molar-refractivity contribution in [3.8, 4) is 0 Å². The van der Waals surface area contributed by atoms with Gasteiger partial charge in [0.05, 0.1) is 11.1 Å². The number of nitrogens with one attached hydrogen (secondary N) is 1. The van der Waals surface area contributed by atoms with Crippen molar-refractivity contribution in [2.75, 3.05) is 18.5 Å². The number of benzene rings is 2. The minimum absolute atomic E-state index is 0.341. The van der Waals surface area contributed by atoms with Crippen LogP contribution in [0.3, 0.4) is 0 Å². The van der Waals surface area contributed by atoms with E-state index in [1.807, 2.05) is 56.3 Å². The van der Waals surface area contributed by atoms with Crippen molar-refractivity contribution in [2.24, 2.45) is 0 Å². The molecular weight excluding hydrogens is 402 g/mol. The smallest absolute Gasteiger partial charge is 0.339 e. The number of para-hydroxylation sites is 2. The van der Waals surface area contributed by atoms with Crippen LogP contribution in [0.5, 0.6) is 0 Å². The summed E-state index contributed by atoms with van der Waals surface area (Å²) in [4.78, 5) is 32.9. The third-order valence-electron chi connectivity index (χ3n) is 6.09. The van der Waals surface area contributed by atoms with E-state index in [2.05, 4.69) is 24.1 Å². The molecule has 1 N–H and O–H groups in total. The van der Waals surface area contributed by atoms with Gasteiger partial charge >= 0.3 is 5.97 Å². The van der Waals surface area contributed by atoms with Gasteiger partial charge in [0.15, 0.2) is 6.61 Å². The normalized spacial score (nSPS) is 13.8. The predicted octanol–water partition coefficient (Wildman–Crippen LogP) is 4.41. The van der Waals surface area contributed by atoms with Gasteiger partial charge < -0.3 is 10.1 Å². The molecule has 166 valence electrons. The van der Waals surface area contributed by atoms with Crippen LogP contribution in [-0.2, 0) is 22.5 Å². The highest BCUT2D eigenvalue weighted by Crippen LogP contribution is 2.29. The number of carbonyl (C=O) groups excluding carboxylic acids is 2. The maximum atomic E-state index is 13.2. The molecule has 0 bridgehead atoms. The first-order chi connectivity index (χ1) is 15.3. The maximum absolute atomic E-state index is 13.2. The number of rotatable bonds is 5. The lowest BCUT2D eigenvalue weighted by atomic mass is 9.95. The van der Waals surface area contributed by atoms with Gasteiger partial charge in [0.1, 0.15) is 0 Å². The number of hydrogen-bond acceptors (Lipinski definition) is 5. The van der Waals surface area contributed by atoms with E-state index in [0.717, 1.165) is 51.9 Å². The summed E-state index contributed by atoms with van der Waals surface area (Å²) in [5, 5.41) is 3.63. The second-order valence-electron chi connectivity index (χ2n) is 8.63. The fraction of sp³-hybridized carbons (Fsp3) is 0.346. The number of aryl methyl sites for hydroxylation is 2. The van der Waals surface area contributed by atoms with Crippen LogP contribution in [0.2, 0.25) is 0 Å². The zero-order chi connectivity index (χ0) is 22.8. The summed E-state index contributed by atoms with van der Waals surface area (Å²) in [5.41, 5.74) is 5.83. The summed E-state index contributed by atoms with van der Waals surface area (Å²) in [6.45, 7) is 9.37. The number of amides is 1. The number of anilines is 1. The topological polar surface area (TPSA) is 71.5 Å². The molecule has 4 rings (SSSR count). The van der Waals surface area contributed by atoms with Crippen LogP contribution in [0.1, 0.15) is 46.6 Å². The van der Waals surface area contributed by atoms with Crippen molar-refractivity contribution in [3.63, 3.8) is 0 Å². The number of aromatic nitrogens is 1. The van der Waals surface area contributed by atoms with Crippen molar-refractivity contribution < 1.29 is 14.3 Å². The quantitative estimate of drug-likeness (QED) is 0.606. The van der Waals surface area contributed by atoms with Gasteiger partial charge in [0, 0.05) is 47.9 Å². The molecule has 0 saturated carbocycles. The molecule has 3 aromatic rings. The van der Waals surface area contributed by atoms with Gasteiger partial charge in [-0.2, -0.15) is 0 Å². The van der Waals surface area contributed by atoms with E-state index in [1.54, 1.807) is 0 Å². The molecule has 1 amide bonds. The Morgan fingerprint density at radius 3 is 2.53 bits per heavy atom. The molecule has 0 fully saturated rings. The fourth-order valence-electron chi connectivity index (χ4n) is 4.28. The van der Waals surface area contributed by atoms with Crippen LogP contribution in [0.4, 0.5) is 5.69 Å². The Kier molecular flexibility index (Phi) is 6.24. The third-order valence-corrected chi connectivity index (χ3v) is 6.09. The average Bonchev–Trinajstić information content (AvgIpc) is 2.78. The van der Waals surface area contributed by atoms with Gasteiger partial charge in [-0.1, -0.05) is 36.4 Å². The molecule has 2 heterocycles. The van der Waals surface area contributed by atoms with Crippen molar-refractivity contribution in [1.29, 1.82) is 0 Å². The van der Waals surface area contributed by atoms with Crippen LogP contribution in [-0.4, -0.2) is 41.0 Å². The summed E-state index contributed by atoms with van der Waals surface area (Å²) in [7, 11) is 0. The van der Waals surface area contributed by atoms with E-state index >= 15 is 0 Å². The zero-order valence-corrected chi connectivity index (χ0v) is 19.1. The highest BCUT2D eigenvalue weighted by atomic mass is 16.5. The first kappa shape index (κ1) is 22.0. The molecule has 1 aromatic heterocycles. The van der Waals surface area contributed by atoms with Crippen LogP contribution in [0.25, 0.3) is 10.9 Å². The molecule has 0 aliphatic carbocycles. The van der Waals surface area contributed by atoms with E-state index in [1.165, 1.54) is 0 Å². The fourth-order valence-corrected chi connectivity index (χ4v) is 4.28. The Morgan fingerprint density at radius 2 is 1.81 bits per heavy atom. The van der Waals surface area contributed by atoms with E-state index in [9.17, 15) is 9.59 Å². The van der Waals surface area contributed by atoms with Gasteiger partial charge in [-0.25, -0.2) is 4.79 Å². The van der Waals surface area contributed by atoms with E-state index in [-0.39, 0.29) is 12.5 Å². The number of pyridine rings is 1. The van der Waals surface area contributed by atoms with Crippen LogP contribution >= 0.6 is 0 Å². The van der Waals surface area contributed by atoms with Crippen molar-refractivity contribution in [3.05, 3.63) is 70.4 Å². The first-order valence-corrected chi connectivity index (χ1v) is 11.0. The molecule has 0 radical (unpaired) electrons. The van der Waals surface area contributed by atoms with Gasteiger partial charge in [-0.05, 0) is 44.9 Å². The second-order valence-corrected chi connectivity index (χ2v) is 8.63. The molecule has 0 saturated heterocycles. The Bertz CT molecular complexity index is 1170. The molecule has 0 atom stereocenters. The minimum atomic E-state index is -0.484. The van der Waals surface area contributed by atoms with E-state index in [0.29, 0.717) is 18.2 Å². The number of fused-ring (bicyclic) bond motifs is 2. The van der Waals surface area contributed by atoms with E-state index < -0.39 is 5.97 Å². The lowest BCUT2D eigenvalue weighted by Gasteiger charge is -2.32. The number of carbonyl (C=O) groups is 2. The molecule has 0 unspecified atom stereocenters. The number of hydrogen-bond donors (Lipinski definition) is 1. The number of ether oxygens (including phenoxy) is 1. The molecule has 6 heteroatoms. The number of nitrogens with zero attached hydrogens (tertiary/aromatic N) is 2. The van der Waals surface area contributed by atoms with Crippen molar-refractivity contribution in [2.45, 2.75) is 46.7 Å². The summed E-state index contributed by atoms with van der Waals surface area (Å²) in [6.07, 6.45) is 0.783. The summed E-state index contributed by atoms with van der Waals surface area (Å²) in [6, 6.07) is 13.8. The Balaban J connectivity index is 1.59. The Labute approximate surface area is 188 Å². The minimum Gasteiger partial charge on any atom is -0.452 e. The molecule has 1 aliphatic rings. The molecule has 32 heavy (non-hydrogen) atoms. The van der Waals surface area contributed by atoms with Crippen molar-refractivity contribution >= 4 is 28.5 Å².